The van der Waals surface area contributed by atoms with Crippen LogP contribution >= 0.6 is 24.8 Å². The summed E-state index contributed by atoms with van der Waals surface area (Å²) < 4.78 is 10.9. The molecule has 0 amide bonds. The number of aromatic nitrogens is 2. The molecule has 28 heavy (non-hydrogen) atoms. The van der Waals surface area contributed by atoms with Crippen molar-refractivity contribution in [2.75, 3.05) is 32.6 Å². The number of benzene rings is 2. The second-order valence-corrected chi connectivity index (χ2v) is 5.87. The lowest BCUT2D eigenvalue weighted by molar-refractivity contribution is 0.352. The number of hydrogen-bond acceptors (Lipinski definition) is 6. The molecule has 0 fully saturated rings. The van der Waals surface area contributed by atoms with Crippen LogP contribution in [0.25, 0.3) is 10.9 Å². The summed E-state index contributed by atoms with van der Waals surface area (Å²) in [5.41, 5.74) is 7.67. The third-order valence-corrected chi connectivity index (χ3v) is 4.19. The van der Waals surface area contributed by atoms with Crippen molar-refractivity contribution in [3.05, 3.63) is 53.9 Å². The normalized spacial score (nSPS) is 9.96. The number of halogens is 2. The van der Waals surface area contributed by atoms with E-state index >= 15 is 0 Å². The van der Waals surface area contributed by atoms with E-state index in [-0.39, 0.29) is 24.8 Å². The molecular formula is C20H26Cl2N4O2. The zero-order valence-corrected chi connectivity index (χ0v) is 17.6. The van der Waals surface area contributed by atoms with Crippen molar-refractivity contribution < 1.29 is 9.47 Å². The lowest BCUT2D eigenvalue weighted by Crippen LogP contribution is -2.12. The summed E-state index contributed by atoms with van der Waals surface area (Å²) >= 11 is 0. The number of fused-ring (bicyclic) bond motifs is 1. The molecular weight excluding hydrogens is 399 g/mol. The molecule has 0 aliphatic rings. The molecule has 2 aromatic carbocycles. The maximum atomic E-state index is 5.66. The molecule has 152 valence electrons. The monoisotopic (exact) mass is 424 g/mol. The van der Waals surface area contributed by atoms with E-state index in [1.165, 1.54) is 0 Å². The van der Waals surface area contributed by atoms with Crippen molar-refractivity contribution in [3.63, 3.8) is 0 Å². The average molecular weight is 425 g/mol. The highest BCUT2D eigenvalue weighted by Crippen LogP contribution is 2.31. The summed E-state index contributed by atoms with van der Waals surface area (Å²) in [6, 6.07) is 13.9. The van der Waals surface area contributed by atoms with Crippen LogP contribution in [0, 0.1) is 0 Å². The zero-order valence-electron chi connectivity index (χ0n) is 16.0. The van der Waals surface area contributed by atoms with E-state index in [0.717, 1.165) is 46.0 Å². The summed E-state index contributed by atoms with van der Waals surface area (Å²) in [4.78, 5) is 9.21. The number of para-hydroxylation sites is 2. The quantitative estimate of drug-likeness (QED) is 0.574. The molecule has 0 saturated carbocycles. The van der Waals surface area contributed by atoms with Crippen molar-refractivity contribution in [3.8, 4) is 11.5 Å². The van der Waals surface area contributed by atoms with Crippen LogP contribution in [-0.2, 0) is 12.8 Å². The van der Waals surface area contributed by atoms with E-state index < -0.39 is 0 Å². The molecule has 0 spiro atoms. The van der Waals surface area contributed by atoms with Gasteiger partial charge in [-0.25, -0.2) is 9.97 Å². The van der Waals surface area contributed by atoms with Gasteiger partial charge in [0.1, 0.15) is 11.6 Å². The van der Waals surface area contributed by atoms with Crippen molar-refractivity contribution >= 4 is 41.5 Å². The van der Waals surface area contributed by atoms with Crippen LogP contribution in [0.4, 0.5) is 5.82 Å². The number of rotatable bonds is 8. The molecule has 3 N–H and O–H groups in total. The molecule has 0 bridgehead atoms. The maximum Gasteiger partial charge on any atom is 0.163 e. The molecule has 0 radical (unpaired) electrons. The predicted molar refractivity (Wildman–Crippen MR) is 119 cm³/mol. The summed E-state index contributed by atoms with van der Waals surface area (Å²) in [5.74, 6) is 3.10. The largest absolute Gasteiger partial charge is 0.493 e. The average Bonchev–Trinajstić information content (AvgIpc) is 2.68. The smallest absolute Gasteiger partial charge is 0.163 e. The fourth-order valence-electron chi connectivity index (χ4n) is 2.97. The molecule has 0 saturated heterocycles. The van der Waals surface area contributed by atoms with Gasteiger partial charge in [0.05, 0.1) is 19.7 Å². The first-order valence-electron chi connectivity index (χ1n) is 8.66. The number of nitrogens with one attached hydrogen (secondary N) is 1. The van der Waals surface area contributed by atoms with E-state index in [1.807, 2.05) is 42.5 Å². The molecule has 0 aliphatic heterocycles. The molecule has 0 aliphatic carbocycles. The van der Waals surface area contributed by atoms with Gasteiger partial charge in [-0.05, 0) is 36.7 Å². The van der Waals surface area contributed by atoms with Crippen LogP contribution in [-0.4, -0.2) is 37.3 Å². The summed E-state index contributed by atoms with van der Waals surface area (Å²) in [5, 5.41) is 4.44. The number of anilines is 1. The molecule has 0 atom stereocenters. The molecule has 6 nitrogen and oxygen atoms in total. The lowest BCUT2D eigenvalue weighted by Gasteiger charge is -2.14. The van der Waals surface area contributed by atoms with Gasteiger partial charge in [-0.1, -0.05) is 24.3 Å². The number of nitrogens with two attached hydrogens (primary N) is 1. The molecule has 0 unspecified atom stereocenters. The van der Waals surface area contributed by atoms with Crippen molar-refractivity contribution in [2.24, 2.45) is 5.73 Å². The highest BCUT2D eigenvalue weighted by Gasteiger charge is 2.10. The second-order valence-electron chi connectivity index (χ2n) is 5.87. The number of ether oxygens (including phenoxy) is 2. The van der Waals surface area contributed by atoms with Crippen LogP contribution in [0.3, 0.4) is 0 Å². The first kappa shape index (κ1) is 23.8. The topological polar surface area (TPSA) is 82.3 Å². The molecule has 1 aromatic heterocycles. The second kappa shape index (κ2) is 11.5. The fraction of sp³-hybridized carbons (Fsp3) is 0.300. The van der Waals surface area contributed by atoms with E-state index in [0.29, 0.717) is 19.5 Å². The van der Waals surface area contributed by atoms with Gasteiger partial charge >= 0.3 is 0 Å². The molecule has 1 heterocycles. The maximum absolute atomic E-state index is 5.66. The van der Waals surface area contributed by atoms with Gasteiger partial charge in [0.15, 0.2) is 11.5 Å². The van der Waals surface area contributed by atoms with Gasteiger partial charge in [-0.3, -0.25) is 0 Å². The van der Waals surface area contributed by atoms with Gasteiger partial charge in [0, 0.05) is 18.4 Å². The lowest BCUT2D eigenvalue weighted by atomic mass is 10.1. The number of nitrogens with zero attached hydrogens (tertiary/aromatic N) is 2. The Labute approximate surface area is 177 Å². The highest BCUT2D eigenvalue weighted by atomic mass is 35.5. The van der Waals surface area contributed by atoms with Crippen molar-refractivity contribution in [1.82, 2.24) is 9.97 Å². The summed E-state index contributed by atoms with van der Waals surface area (Å²) in [7, 11) is 3.30. The Bertz CT molecular complexity index is 893. The zero-order chi connectivity index (χ0) is 18.4. The third-order valence-electron chi connectivity index (χ3n) is 4.19. The van der Waals surface area contributed by atoms with Gasteiger partial charge in [0.2, 0.25) is 0 Å². The summed E-state index contributed by atoms with van der Waals surface area (Å²) in [6.45, 7) is 1.24. The Balaban J connectivity index is 0.00000196. The minimum atomic E-state index is 0. The molecule has 8 heteroatoms. The van der Waals surface area contributed by atoms with E-state index in [4.69, 9.17) is 15.2 Å². The Kier molecular flexibility index (Phi) is 9.79. The van der Waals surface area contributed by atoms with Gasteiger partial charge in [-0.15, -0.1) is 24.8 Å². The molecule has 3 rings (SSSR count). The standard InChI is InChI=1S/C20H24N4O2.2ClH/c1-25-17-9-5-6-14(19(17)26-2)11-13-22-20-15-7-3-4-8-16(15)23-18(24-20)10-12-21;;/h3-9H,10-13,21H2,1-2H3,(H,22,23,24);2*1H. The SMILES string of the molecule is COc1cccc(CCNc2nc(CCN)nc3ccccc23)c1OC.Cl.Cl. The Morgan fingerprint density at radius 3 is 2.43 bits per heavy atom. The number of hydrogen-bond donors (Lipinski definition) is 2. The first-order chi connectivity index (χ1) is 12.8. The van der Waals surface area contributed by atoms with Crippen molar-refractivity contribution in [2.45, 2.75) is 12.8 Å². The predicted octanol–water partition coefficient (Wildman–Crippen LogP) is 3.65. The number of methoxy groups -OCH3 is 2. The highest BCUT2D eigenvalue weighted by molar-refractivity contribution is 5.89. The molecule has 3 aromatic rings. The first-order valence-corrected chi connectivity index (χ1v) is 8.66. The van der Waals surface area contributed by atoms with Crippen LogP contribution in [0.2, 0.25) is 0 Å². The van der Waals surface area contributed by atoms with Gasteiger partial charge in [0.25, 0.3) is 0 Å². The Morgan fingerprint density at radius 1 is 0.929 bits per heavy atom. The Hall–Kier alpha value is -2.28. The van der Waals surface area contributed by atoms with Crippen molar-refractivity contribution in [1.29, 1.82) is 0 Å². The van der Waals surface area contributed by atoms with E-state index in [2.05, 4.69) is 15.3 Å². The van der Waals surface area contributed by atoms with Gasteiger partial charge < -0.3 is 20.5 Å². The van der Waals surface area contributed by atoms with E-state index in [9.17, 15) is 0 Å². The Morgan fingerprint density at radius 2 is 1.71 bits per heavy atom. The van der Waals surface area contributed by atoms with Gasteiger partial charge in [-0.2, -0.15) is 0 Å². The third kappa shape index (κ3) is 5.38. The van der Waals surface area contributed by atoms with E-state index in [1.54, 1.807) is 14.2 Å². The fourth-order valence-corrected chi connectivity index (χ4v) is 2.97. The summed E-state index contributed by atoms with van der Waals surface area (Å²) in [6.07, 6.45) is 1.44. The van der Waals surface area contributed by atoms with Crippen LogP contribution < -0.4 is 20.5 Å². The van der Waals surface area contributed by atoms with Crippen LogP contribution in [0.15, 0.2) is 42.5 Å². The minimum absolute atomic E-state index is 0. The van der Waals surface area contributed by atoms with Crippen LogP contribution in [0.5, 0.6) is 11.5 Å². The minimum Gasteiger partial charge on any atom is -0.493 e. The van der Waals surface area contributed by atoms with Crippen LogP contribution in [0.1, 0.15) is 11.4 Å².